The van der Waals surface area contributed by atoms with Gasteiger partial charge in [0.2, 0.25) is 5.91 Å². The number of nitrogens with one attached hydrogen (secondary N) is 1. The maximum absolute atomic E-state index is 11.3. The van der Waals surface area contributed by atoms with Crippen molar-refractivity contribution in [2.75, 3.05) is 47.5 Å². The molecule has 1 aliphatic heterocycles. The molecule has 0 spiro atoms. The van der Waals surface area contributed by atoms with Crippen molar-refractivity contribution in [2.45, 2.75) is 32.6 Å². The Morgan fingerprint density at radius 2 is 1.90 bits per heavy atom. The largest absolute Gasteiger partial charge is 0.496 e. The van der Waals surface area contributed by atoms with Crippen LogP contribution in [-0.4, -0.2) is 64.3 Å². The van der Waals surface area contributed by atoms with E-state index < -0.39 is 0 Å². The van der Waals surface area contributed by atoms with Gasteiger partial charge in [0.1, 0.15) is 17.2 Å². The minimum absolute atomic E-state index is 0. The first-order chi connectivity index (χ1) is 14.0. The molecule has 3 N–H and O–H groups in total. The zero-order valence-corrected chi connectivity index (χ0v) is 20.7. The number of piperidine rings is 1. The molecule has 1 heterocycles. The number of ether oxygens (including phenoxy) is 3. The van der Waals surface area contributed by atoms with Crippen molar-refractivity contribution in [3.8, 4) is 17.2 Å². The molecular formula is C21H35IN4O4. The molecule has 1 unspecified atom stereocenters. The van der Waals surface area contributed by atoms with Crippen LogP contribution in [0.3, 0.4) is 0 Å². The van der Waals surface area contributed by atoms with Crippen LogP contribution in [0.4, 0.5) is 0 Å². The van der Waals surface area contributed by atoms with Crippen molar-refractivity contribution in [1.82, 2.24) is 10.2 Å². The van der Waals surface area contributed by atoms with Crippen molar-refractivity contribution < 1.29 is 19.0 Å². The second kappa shape index (κ2) is 13.4. The number of guanidine groups is 1. The van der Waals surface area contributed by atoms with Gasteiger partial charge in [0.25, 0.3) is 0 Å². The molecule has 1 aromatic carbocycles. The molecule has 9 heteroatoms. The molecule has 1 aromatic rings. The molecule has 0 aromatic heterocycles. The Kier molecular flexibility index (Phi) is 11.7. The van der Waals surface area contributed by atoms with Gasteiger partial charge in [-0.05, 0) is 32.1 Å². The average molecular weight is 534 g/mol. The highest BCUT2D eigenvalue weighted by atomic mass is 127. The number of carbonyl (C=O) groups excluding carboxylic acids is 1. The molecule has 0 aliphatic carbocycles. The first-order valence-electron chi connectivity index (χ1n) is 10.1. The summed E-state index contributed by atoms with van der Waals surface area (Å²) in [6.07, 6.45) is 3.15. The molecule has 170 valence electrons. The van der Waals surface area contributed by atoms with Crippen LogP contribution in [0.1, 0.15) is 31.7 Å². The van der Waals surface area contributed by atoms with Gasteiger partial charge in [0, 0.05) is 50.3 Å². The summed E-state index contributed by atoms with van der Waals surface area (Å²) in [5.74, 6) is 3.05. The third-order valence-electron chi connectivity index (χ3n) is 5.08. The molecule has 0 bridgehead atoms. The first kappa shape index (κ1) is 26.1. The van der Waals surface area contributed by atoms with E-state index in [1.807, 2.05) is 12.1 Å². The molecule has 1 atom stereocenters. The minimum Gasteiger partial charge on any atom is -0.496 e. The fourth-order valence-electron chi connectivity index (χ4n) is 3.73. The van der Waals surface area contributed by atoms with E-state index in [1.54, 1.807) is 21.3 Å². The number of aliphatic imine (C=N–C) groups is 1. The van der Waals surface area contributed by atoms with E-state index in [0.717, 1.165) is 55.5 Å². The molecule has 0 radical (unpaired) electrons. The van der Waals surface area contributed by atoms with Crippen LogP contribution in [-0.2, 0) is 11.2 Å². The summed E-state index contributed by atoms with van der Waals surface area (Å²) < 4.78 is 16.4. The molecule has 1 fully saturated rings. The Morgan fingerprint density at radius 3 is 2.43 bits per heavy atom. The molecular weight excluding hydrogens is 499 g/mol. The monoisotopic (exact) mass is 534 g/mol. The van der Waals surface area contributed by atoms with Gasteiger partial charge in [-0.3, -0.25) is 9.79 Å². The lowest BCUT2D eigenvalue weighted by Gasteiger charge is -2.34. The topological polar surface area (TPSA) is 98.4 Å². The van der Waals surface area contributed by atoms with Gasteiger partial charge >= 0.3 is 0 Å². The summed E-state index contributed by atoms with van der Waals surface area (Å²) in [4.78, 5) is 18.3. The number of rotatable bonds is 9. The zero-order chi connectivity index (χ0) is 21.2. The van der Waals surface area contributed by atoms with E-state index in [9.17, 15) is 4.79 Å². The summed E-state index contributed by atoms with van der Waals surface area (Å²) in [6, 6.07) is 3.71. The average Bonchev–Trinajstić information content (AvgIpc) is 2.72. The van der Waals surface area contributed by atoms with Crippen molar-refractivity contribution in [2.24, 2.45) is 16.6 Å². The summed E-state index contributed by atoms with van der Waals surface area (Å²) in [5.41, 5.74) is 6.35. The van der Waals surface area contributed by atoms with Crippen LogP contribution in [0.25, 0.3) is 0 Å². The van der Waals surface area contributed by atoms with Crippen LogP contribution >= 0.6 is 24.0 Å². The zero-order valence-electron chi connectivity index (χ0n) is 18.4. The van der Waals surface area contributed by atoms with Gasteiger partial charge in [0.05, 0.1) is 21.3 Å². The highest BCUT2D eigenvalue weighted by molar-refractivity contribution is 14.0. The highest BCUT2D eigenvalue weighted by Gasteiger charge is 2.23. The number of halogens is 1. The predicted molar refractivity (Wildman–Crippen MR) is 129 cm³/mol. The first-order valence-corrected chi connectivity index (χ1v) is 10.1. The number of hydrogen-bond donors (Lipinski definition) is 2. The summed E-state index contributed by atoms with van der Waals surface area (Å²) in [5, 5.41) is 3.37. The molecule has 30 heavy (non-hydrogen) atoms. The van der Waals surface area contributed by atoms with Crippen molar-refractivity contribution >= 4 is 35.8 Å². The fraction of sp³-hybridized carbons (Fsp3) is 0.619. The standard InChI is InChI=1S/C21H34N4O4.HI/c1-5-23-21(25-10-6-7-15(14-25)11-20(22)26)24-9-8-17-18(28-3)12-16(27-2)13-19(17)29-4;/h12-13,15H,5-11,14H2,1-4H3,(H2,22,26)(H,23,24);1H. The lowest BCUT2D eigenvalue weighted by Crippen LogP contribution is -2.47. The molecule has 0 saturated carbocycles. The quantitative estimate of drug-likeness (QED) is 0.287. The van der Waals surface area contributed by atoms with Gasteiger partial charge in [-0.2, -0.15) is 0 Å². The third kappa shape index (κ3) is 7.41. The molecule has 8 nitrogen and oxygen atoms in total. The minimum atomic E-state index is -0.238. The Morgan fingerprint density at radius 1 is 1.23 bits per heavy atom. The van der Waals surface area contributed by atoms with Gasteiger partial charge in [-0.25, -0.2) is 0 Å². The molecule has 2 rings (SSSR count). The van der Waals surface area contributed by atoms with Gasteiger partial charge in [-0.1, -0.05) is 0 Å². The Balaban J connectivity index is 0.00000450. The Hall–Kier alpha value is -1.91. The number of methoxy groups -OCH3 is 3. The van der Waals surface area contributed by atoms with E-state index in [4.69, 9.17) is 24.9 Å². The van der Waals surface area contributed by atoms with Gasteiger partial charge < -0.3 is 30.2 Å². The van der Waals surface area contributed by atoms with Gasteiger partial charge in [-0.15, -0.1) is 24.0 Å². The Labute approximate surface area is 196 Å². The third-order valence-corrected chi connectivity index (χ3v) is 5.08. The predicted octanol–water partition coefficient (Wildman–Crippen LogP) is 2.43. The number of benzene rings is 1. The fourth-order valence-corrected chi connectivity index (χ4v) is 3.73. The summed E-state index contributed by atoms with van der Waals surface area (Å²) in [6.45, 7) is 5.14. The van der Waals surface area contributed by atoms with Gasteiger partial charge in [0.15, 0.2) is 5.96 Å². The maximum atomic E-state index is 11.3. The summed E-state index contributed by atoms with van der Waals surface area (Å²) in [7, 11) is 4.89. The lowest BCUT2D eigenvalue weighted by molar-refractivity contribution is -0.119. The molecule has 1 aliphatic rings. The normalized spacial score (nSPS) is 16.5. The number of nitrogens with zero attached hydrogens (tertiary/aromatic N) is 2. The SMILES string of the molecule is CCNC(=NCCc1c(OC)cc(OC)cc1OC)N1CCCC(CC(N)=O)C1.I. The summed E-state index contributed by atoms with van der Waals surface area (Å²) >= 11 is 0. The van der Waals surface area contributed by atoms with E-state index in [1.165, 1.54) is 0 Å². The van der Waals surface area contributed by atoms with Crippen LogP contribution in [0.5, 0.6) is 17.2 Å². The highest BCUT2D eigenvalue weighted by Crippen LogP contribution is 2.34. The van der Waals surface area contributed by atoms with E-state index >= 15 is 0 Å². The number of nitrogens with two attached hydrogens (primary N) is 1. The van der Waals surface area contributed by atoms with E-state index in [0.29, 0.717) is 25.1 Å². The number of likely N-dealkylation sites (tertiary alicyclic amines) is 1. The number of amides is 1. The maximum Gasteiger partial charge on any atom is 0.217 e. The lowest BCUT2D eigenvalue weighted by atomic mass is 9.95. The van der Waals surface area contributed by atoms with Crippen molar-refractivity contribution in [3.05, 3.63) is 17.7 Å². The van der Waals surface area contributed by atoms with E-state index in [-0.39, 0.29) is 35.8 Å². The van der Waals surface area contributed by atoms with Crippen molar-refractivity contribution in [3.63, 3.8) is 0 Å². The molecule has 1 saturated heterocycles. The second-order valence-corrected chi connectivity index (χ2v) is 7.12. The number of primary amides is 1. The van der Waals surface area contributed by atoms with Crippen LogP contribution < -0.4 is 25.3 Å². The van der Waals surface area contributed by atoms with Crippen molar-refractivity contribution in [1.29, 1.82) is 0 Å². The second-order valence-electron chi connectivity index (χ2n) is 7.12. The number of carbonyl (C=O) groups is 1. The molecule has 1 amide bonds. The number of hydrogen-bond acceptors (Lipinski definition) is 5. The van der Waals surface area contributed by atoms with Crippen LogP contribution in [0.15, 0.2) is 17.1 Å². The smallest absolute Gasteiger partial charge is 0.217 e. The van der Waals surface area contributed by atoms with Crippen LogP contribution in [0, 0.1) is 5.92 Å². The van der Waals surface area contributed by atoms with E-state index in [2.05, 4.69) is 17.1 Å². The Bertz CT molecular complexity index is 689. The van der Waals surface area contributed by atoms with Crippen LogP contribution in [0.2, 0.25) is 0 Å².